The van der Waals surface area contributed by atoms with E-state index >= 15 is 0 Å². The SMILES string of the molecule is COc1ccc(/C(C)=C2\S/C(=N/c3cccc(C)n3)N(C)C2=O)cc1. The van der Waals surface area contributed by atoms with Crippen molar-refractivity contribution in [2.24, 2.45) is 4.99 Å². The van der Waals surface area contributed by atoms with E-state index in [-0.39, 0.29) is 5.91 Å². The predicted octanol–water partition coefficient (Wildman–Crippen LogP) is 4.02. The second kappa shape index (κ2) is 7.11. The molecule has 0 atom stereocenters. The van der Waals surface area contributed by atoms with Gasteiger partial charge in [-0.05, 0) is 61.0 Å². The average Bonchev–Trinajstić information content (AvgIpc) is 2.90. The highest BCUT2D eigenvalue weighted by Crippen LogP contribution is 2.36. The fraction of sp³-hybridized carbons (Fsp3) is 0.211. The molecule has 1 aromatic carbocycles. The number of carbonyl (C=O) groups excluding carboxylic acids is 1. The molecule has 0 unspecified atom stereocenters. The Balaban J connectivity index is 1.94. The number of rotatable bonds is 3. The van der Waals surface area contributed by atoms with Crippen LogP contribution in [0, 0.1) is 6.92 Å². The van der Waals surface area contributed by atoms with Crippen molar-refractivity contribution in [3.05, 3.63) is 58.6 Å². The Labute approximate surface area is 151 Å². The fourth-order valence-corrected chi connectivity index (χ4v) is 3.48. The van der Waals surface area contributed by atoms with E-state index in [0.717, 1.165) is 22.6 Å². The zero-order chi connectivity index (χ0) is 18.0. The van der Waals surface area contributed by atoms with Crippen molar-refractivity contribution in [3.8, 4) is 5.75 Å². The first-order valence-electron chi connectivity index (χ1n) is 7.83. The number of thioether (sulfide) groups is 1. The Morgan fingerprint density at radius 2 is 1.92 bits per heavy atom. The Hall–Kier alpha value is -2.60. The molecule has 0 spiro atoms. The number of amides is 1. The van der Waals surface area contributed by atoms with Crippen molar-refractivity contribution < 1.29 is 9.53 Å². The molecule has 5 nitrogen and oxygen atoms in total. The number of aryl methyl sites for hydroxylation is 1. The lowest BCUT2D eigenvalue weighted by Gasteiger charge is -2.07. The van der Waals surface area contributed by atoms with Crippen LogP contribution in [0.5, 0.6) is 5.75 Å². The van der Waals surface area contributed by atoms with Gasteiger partial charge in [0.05, 0.1) is 12.0 Å². The van der Waals surface area contributed by atoms with Gasteiger partial charge in [-0.3, -0.25) is 9.69 Å². The normalized spacial score (nSPS) is 18.0. The molecule has 1 amide bonds. The first-order chi connectivity index (χ1) is 12.0. The number of allylic oxidation sites excluding steroid dienone is 1. The van der Waals surface area contributed by atoms with Crippen LogP contribution < -0.4 is 4.74 Å². The molecule has 1 aliphatic heterocycles. The Bertz CT molecular complexity index is 872. The van der Waals surface area contributed by atoms with Gasteiger partial charge >= 0.3 is 0 Å². The van der Waals surface area contributed by atoms with Gasteiger partial charge in [0.25, 0.3) is 5.91 Å². The smallest absolute Gasteiger partial charge is 0.266 e. The lowest BCUT2D eigenvalue weighted by atomic mass is 10.1. The van der Waals surface area contributed by atoms with Crippen molar-refractivity contribution in [1.82, 2.24) is 9.88 Å². The maximum atomic E-state index is 12.6. The summed E-state index contributed by atoms with van der Waals surface area (Å²) in [5, 5.41) is 0.631. The minimum absolute atomic E-state index is 0.0512. The van der Waals surface area contributed by atoms with Crippen LogP contribution in [0.4, 0.5) is 5.82 Å². The number of aliphatic imine (C=N–C) groups is 1. The molecule has 0 bridgehead atoms. The molecule has 25 heavy (non-hydrogen) atoms. The van der Waals surface area contributed by atoms with Crippen molar-refractivity contribution in [3.63, 3.8) is 0 Å². The highest BCUT2D eigenvalue weighted by molar-refractivity contribution is 8.18. The van der Waals surface area contributed by atoms with Crippen LogP contribution in [-0.2, 0) is 4.79 Å². The van der Waals surface area contributed by atoms with E-state index in [2.05, 4.69) is 9.98 Å². The predicted molar refractivity (Wildman–Crippen MR) is 102 cm³/mol. The van der Waals surface area contributed by atoms with Crippen molar-refractivity contribution in [2.45, 2.75) is 13.8 Å². The third kappa shape index (κ3) is 3.58. The molecule has 1 fully saturated rings. The molecule has 3 rings (SSSR count). The largest absolute Gasteiger partial charge is 0.497 e. The van der Waals surface area contributed by atoms with Crippen LogP contribution in [0.15, 0.2) is 52.4 Å². The second-order valence-electron chi connectivity index (χ2n) is 5.68. The van der Waals surface area contributed by atoms with E-state index < -0.39 is 0 Å². The highest BCUT2D eigenvalue weighted by Gasteiger charge is 2.32. The van der Waals surface area contributed by atoms with Crippen LogP contribution in [0.3, 0.4) is 0 Å². The molecule has 1 saturated heterocycles. The quantitative estimate of drug-likeness (QED) is 0.782. The van der Waals surface area contributed by atoms with E-state index in [1.807, 2.05) is 56.3 Å². The molecule has 0 radical (unpaired) electrons. The van der Waals surface area contributed by atoms with E-state index in [9.17, 15) is 4.79 Å². The molecule has 6 heteroatoms. The molecule has 2 heterocycles. The molecular weight excluding hydrogens is 334 g/mol. The molecule has 128 valence electrons. The van der Waals surface area contributed by atoms with Crippen LogP contribution in [0.25, 0.3) is 5.57 Å². The summed E-state index contributed by atoms with van der Waals surface area (Å²) >= 11 is 1.38. The first-order valence-corrected chi connectivity index (χ1v) is 8.65. The molecule has 1 aromatic heterocycles. The van der Waals surface area contributed by atoms with E-state index in [1.165, 1.54) is 11.8 Å². The second-order valence-corrected chi connectivity index (χ2v) is 6.66. The molecule has 2 aromatic rings. The number of pyridine rings is 1. The van der Waals surface area contributed by atoms with Crippen molar-refractivity contribution in [1.29, 1.82) is 0 Å². The fourth-order valence-electron chi connectivity index (χ4n) is 2.44. The number of benzene rings is 1. The Kier molecular flexibility index (Phi) is 4.90. The topological polar surface area (TPSA) is 54.8 Å². The number of methoxy groups -OCH3 is 1. The number of aromatic nitrogens is 1. The van der Waals surface area contributed by atoms with E-state index in [4.69, 9.17) is 4.74 Å². The minimum atomic E-state index is -0.0512. The van der Waals surface area contributed by atoms with Crippen LogP contribution >= 0.6 is 11.8 Å². The van der Waals surface area contributed by atoms with Gasteiger partial charge in [0, 0.05) is 12.7 Å². The van der Waals surface area contributed by atoms with Gasteiger partial charge in [0.1, 0.15) is 5.75 Å². The van der Waals surface area contributed by atoms with Gasteiger partial charge in [-0.2, -0.15) is 0 Å². The lowest BCUT2D eigenvalue weighted by Crippen LogP contribution is -2.24. The van der Waals surface area contributed by atoms with Gasteiger partial charge in [-0.1, -0.05) is 18.2 Å². The van der Waals surface area contributed by atoms with E-state index in [0.29, 0.717) is 15.9 Å². The molecule has 0 saturated carbocycles. The van der Waals surface area contributed by atoms with Crippen molar-refractivity contribution >= 4 is 34.2 Å². The summed E-state index contributed by atoms with van der Waals surface area (Å²) in [4.78, 5) is 23.8. The standard InChI is InChI=1S/C19H19N3O2S/c1-12-6-5-7-16(20-12)21-19-22(3)18(23)17(25-19)13(2)14-8-10-15(24-4)11-9-14/h5-11H,1-4H3/b17-13-,21-19+. The van der Waals surface area contributed by atoms with E-state index in [1.54, 1.807) is 19.1 Å². The number of hydrogen-bond acceptors (Lipinski definition) is 5. The van der Waals surface area contributed by atoms with Crippen LogP contribution in [0.1, 0.15) is 18.2 Å². The monoisotopic (exact) mass is 353 g/mol. The van der Waals surface area contributed by atoms with Crippen LogP contribution in [0.2, 0.25) is 0 Å². The molecule has 0 aliphatic carbocycles. The number of ether oxygens (including phenoxy) is 1. The van der Waals surface area contributed by atoms with Gasteiger partial charge in [-0.15, -0.1) is 0 Å². The number of carbonyl (C=O) groups is 1. The molecule has 1 aliphatic rings. The summed E-state index contributed by atoms with van der Waals surface area (Å²) in [5.74, 6) is 1.34. The van der Waals surface area contributed by atoms with Gasteiger partial charge in [0.2, 0.25) is 0 Å². The van der Waals surface area contributed by atoms with Gasteiger partial charge < -0.3 is 4.74 Å². The average molecular weight is 353 g/mol. The number of hydrogen-bond donors (Lipinski definition) is 0. The summed E-state index contributed by atoms with van der Waals surface area (Å²) in [6.45, 7) is 3.86. The maximum Gasteiger partial charge on any atom is 0.266 e. The zero-order valence-electron chi connectivity index (χ0n) is 14.6. The summed E-state index contributed by atoms with van der Waals surface area (Å²) in [7, 11) is 3.37. The maximum absolute atomic E-state index is 12.6. The highest BCUT2D eigenvalue weighted by atomic mass is 32.2. The minimum Gasteiger partial charge on any atom is -0.497 e. The Morgan fingerprint density at radius 3 is 2.56 bits per heavy atom. The van der Waals surface area contributed by atoms with Gasteiger partial charge in [0.15, 0.2) is 11.0 Å². The summed E-state index contributed by atoms with van der Waals surface area (Å²) in [5.41, 5.74) is 2.80. The summed E-state index contributed by atoms with van der Waals surface area (Å²) < 4.78 is 5.18. The van der Waals surface area contributed by atoms with Crippen LogP contribution in [-0.4, -0.2) is 35.1 Å². The third-order valence-corrected chi connectivity index (χ3v) is 5.16. The summed E-state index contributed by atoms with van der Waals surface area (Å²) in [6.07, 6.45) is 0. The summed E-state index contributed by atoms with van der Waals surface area (Å²) in [6, 6.07) is 13.3. The lowest BCUT2D eigenvalue weighted by molar-refractivity contribution is -0.121. The first kappa shape index (κ1) is 17.2. The number of likely N-dealkylation sites (N-methyl/N-ethyl adjacent to an activating group) is 1. The molecule has 0 N–H and O–H groups in total. The molecular formula is C19H19N3O2S. The number of nitrogens with zero attached hydrogens (tertiary/aromatic N) is 3. The number of amidine groups is 1. The van der Waals surface area contributed by atoms with Crippen molar-refractivity contribution in [2.75, 3.05) is 14.2 Å². The Morgan fingerprint density at radius 1 is 1.20 bits per heavy atom. The third-order valence-electron chi connectivity index (χ3n) is 3.93. The zero-order valence-corrected chi connectivity index (χ0v) is 15.4. The van der Waals surface area contributed by atoms with Gasteiger partial charge in [-0.25, -0.2) is 9.98 Å².